The Hall–Kier alpha value is -3.81. The Morgan fingerprint density at radius 2 is 1.10 bits per heavy atom. The van der Waals surface area contributed by atoms with Crippen LogP contribution in [0.25, 0.3) is 0 Å². The molecule has 0 unspecified atom stereocenters. The number of benzene rings is 2. The topological polar surface area (TPSA) is 238 Å². The van der Waals surface area contributed by atoms with Crippen LogP contribution >= 0.6 is 0 Å². The number of carbonyl (C=O) groups excluding carboxylic acids is 3. The normalized spacial score (nSPS) is 13.3. The van der Waals surface area contributed by atoms with E-state index in [1.54, 1.807) is 45.0 Å². The molecule has 0 aliphatic heterocycles. The SMILES string of the molecule is C[Se]CC[C@H](NC(=O)[C@@H](N)Cc1ccc(O)cc1)C(=O)O.C[Se]CC[C@H](NC(=O)[C@H](Cc1ccc(O)cc1)NC(=O)OC(C)(C)C)C(=O)O. The van der Waals surface area contributed by atoms with E-state index in [-0.39, 0.29) is 24.3 Å². The van der Waals surface area contributed by atoms with Gasteiger partial charge in [-0.1, -0.05) is 0 Å². The van der Waals surface area contributed by atoms with Gasteiger partial charge in [0.1, 0.15) is 0 Å². The summed E-state index contributed by atoms with van der Waals surface area (Å²) in [6.45, 7) is 5.11. The number of phenolic OH excluding ortho intramolecular Hbond substituents is 2. The molecule has 0 aliphatic rings. The van der Waals surface area contributed by atoms with Gasteiger partial charge >= 0.3 is 300 Å². The Kier molecular flexibility index (Phi) is 19.4. The number of nitrogens with one attached hydrogen (secondary N) is 3. The van der Waals surface area contributed by atoms with Crippen molar-refractivity contribution in [2.24, 2.45) is 5.73 Å². The standard InChI is InChI=1S/C19H28N2O6Se.C14H20N2O4Se/c1-19(2,3)27-18(26)21-15(11-12-5-7-13(22)8-6-12)16(23)20-14(17(24)25)9-10-28-4;1-21-7-6-12(14(19)20)16-13(18)11(15)8-9-2-4-10(17)5-3-9/h5-8,14-15,22H,9-11H2,1-4H3,(H,20,23)(H,21,26)(H,24,25);2-5,11-12,17H,6-8,15H2,1H3,(H,16,18)(H,19,20)/t14-,15-;11-,12-/m00/s1. The summed E-state index contributed by atoms with van der Waals surface area (Å²) in [6, 6.07) is 8.85. The quantitative estimate of drug-likeness (QED) is 0.108. The molecule has 14 nitrogen and oxygen atoms in total. The van der Waals surface area contributed by atoms with E-state index in [9.17, 15) is 39.3 Å². The molecule has 0 aliphatic carbocycles. The van der Waals surface area contributed by atoms with Gasteiger partial charge in [0, 0.05) is 0 Å². The second-order valence-corrected chi connectivity index (χ2v) is 16.0. The van der Waals surface area contributed by atoms with Crippen LogP contribution in [0.4, 0.5) is 4.79 Å². The Bertz CT molecular complexity index is 1350. The minimum atomic E-state index is -1.11. The average Bonchev–Trinajstić information content (AvgIpc) is 3.02. The number of alkyl carbamates (subject to hydrolysis) is 1. The van der Waals surface area contributed by atoms with Crippen LogP contribution in [0.5, 0.6) is 11.5 Å². The molecule has 0 heterocycles. The first-order valence-corrected chi connectivity index (χ1v) is 21.2. The van der Waals surface area contributed by atoms with E-state index in [0.717, 1.165) is 10.9 Å². The Morgan fingerprint density at radius 3 is 1.49 bits per heavy atom. The summed E-state index contributed by atoms with van der Waals surface area (Å²) in [5.74, 6) is 1.01. The number of rotatable bonds is 17. The van der Waals surface area contributed by atoms with Gasteiger partial charge in [-0.2, -0.15) is 0 Å². The fourth-order valence-corrected chi connectivity index (χ4v) is 6.02. The summed E-state index contributed by atoms with van der Waals surface area (Å²) in [4.78, 5) is 59.3. The minimum absolute atomic E-state index is 0.0808. The number of nitrogens with two attached hydrogens (primary N) is 1. The number of hydrogen-bond donors (Lipinski definition) is 8. The predicted octanol–water partition coefficient (Wildman–Crippen LogP) is 2.35. The average molecular weight is 819 g/mol. The number of hydrogen-bond acceptors (Lipinski definition) is 9. The van der Waals surface area contributed by atoms with Crippen LogP contribution in [0.2, 0.25) is 22.3 Å². The van der Waals surface area contributed by atoms with Gasteiger partial charge in [-0.3, -0.25) is 0 Å². The zero-order valence-electron chi connectivity index (χ0n) is 28.3. The molecular weight excluding hydrogens is 770 g/mol. The van der Waals surface area contributed by atoms with Crippen LogP contribution in [0.3, 0.4) is 0 Å². The molecule has 2 aromatic rings. The maximum absolute atomic E-state index is 12.7. The Labute approximate surface area is 299 Å². The number of ether oxygens (including phenoxy) is 1. The number of aromatic hydroxyl groups is 2. The van der Waals surface area contributed by atoms with Gasteiger partial charge in [-0.25, -0.2) is 0 Å². The van der Waals surface area contributed by atoms with Crippen molar-refractivity contribution >= 4 is 59.8 Å². The molecule has 49 heavy (non-hydrogen) atoms. The third-order valence-electron chi connectivity index (χ3n) is 6.56. The number of carboxylic acid groups (broad SMARTS) is 2. The first-order chi connectivity index (χ1) is 22.9. The summed E-state index contributed by atoms with van der Waals surface area (Å²) < 4.78 is 5.21. The monoisotopic (exact) mass is 820 g/mol. The second-order valence-electron chi connectivity index (χ2n) is 11.9. The van der Waals surface area contributed by atoms with Gasteiger partial charge in [-0.15, -0.1) is 0 Å². The van der Waals surface area contributed by atoms with Crippen LogP contribution in [0.15, 0.2) is 48.5 Å². The molecule has 4 atom stereocenters. The van der Waals surface area contributed by atoms with Crippen LogP contribution in [0.1, 0.15) is 44.7 Å². The van der Waals surface area contributed by atoms with E-state index >= 15 is 0 Å². The van der Waals surface area contributed by atoms with E-state index in [0.29, 0.717) is 53.6 Å². The van der Waals surface area contributed by atoms with Crippen molar-refractivity contribution in [2.45, 2.75) is 98.5 Å². The third-order valence-corrected chi connectivity index (χ3v) is 9.26. The maximum atomic E-state index is 12.7. The van der Waals surface area contributed by atoms with Gasteiger partial charge in [0.2, 0.25) is 0 Å². The number of amides is 3. The zero-order chi connectivity index (χ0) is 37.1. The number of carboxylic acids is 2. The number of carbonyl (C=O) groups is 5. The number of aliphatic carboxylic acids is 2. The molecule has 0 bridgehead atoms. The predicted molar refractivity (Wildman–Crippen MR) is 186 cm³/mol. The van der Waals surface area contributed by atoms with E-state index in [2.05, 4.69) is 16.0 Å². The Morgan fingerprint density at radius 1 is 0.694 bits per heavy atom. The summed E-state index contributed by atoms with van der Waals surface area (Å²) in [5.41, 5.74) is 6.56. The van der Waals surface area contributed by atoms with Crippen molar-refractivity contribution in [1.82, 2.24) is 16.0 Å². The van der Waals surface area contributed by atoms with E-state index in [4.69, 9.17) is 15.6 Å². The third kappa shape index (κ3) is 18.5. The van der Waals surface area contributed by atoms with Gasteiger partial charge in [0.15, 0.2) is 0 Å². The van der Waals surface area contributed by atoms with Crippen molar-refractivity contribution < 1.29 is 49.1 Å². The number of phenols is 2. The van der Waals surface area contributed by atoms with Crippen LogP contribution in [-0.4, -0.2) is 110 Å². The van der Waals surface area contributed by atoms with Gasteiger partial charge in [0.25, 0.3) is 0 Å². The van der Waals surface area contributed by atoms with Crippen molar-refractivity contribution in [3.63, 3.8) is 0 Å². The molecule has 16 heteroatoms. The fraction of sp³-hybridized carbons (Fsp3) is 0.485. The van der Waals surface area contributed by atoms with E-state index in [1.807, 2.05) is 11.6 Å². The van der Waals surface area contributed by atoms with Crippen molar-refractivity contribution in [3.8, 4) is 11.5 Å². The molecule has 0 saturated carbocycles. The zero-order valence-corrected chi connectivity index (χ0v) is 31.7. The molecule has 9 N–H and O–H groups in total. The summed E-state index contributed by atoms with van der Waals surface area (Å²) in [5, 5.41) is 46.0. The van der Waals surface area contributed by atoms with Gasteiger partial charge in [-0.05, 0) is 0 Å². The molecular formula is C33H48N4O10Se2. The summed E-state index contributed by atoms with van der Waals surface area (Å²) in [7, 11) is 0. The molecule has 2 rings (SSSR count). The summed E-state index contributed by atoms with van der Waals surface area (Å²) >= 11 is 0.658. The molecule has 0 fully saturated rings. The first kappa shape index (κ1) is 43.2. The van der Waals surface area contributed by atoms with E-state index < -0.39 is 59.6 Å². The van der Waals surface area contributed by atoms with Gasteiger partial charge in [0.05, 0.1) is 0 Å². The second kappa shape index (κ2) is 22.0. The van der Waals surface area contributed by atoms with Crippen molar-refractivity contribution in [1.29, 1.82) is 0 Å². The molecule has 0 radical (unpaired) electrons. The Balaban J connectivity index is 0.000000510. The van der Waals surface area contributed by atoms with Crippen molar-refractivity contribution in [2.75, 3.05) is 0 Å². The molecule has 0 spiro atoms. The van der Waals surface area contributed by atoms with Crippen LogP contribution in [0, 0.1) is 0 Å². The first-order valence-electron chi connectivity index (χ1n) is 15.3. The molecule has 0 saturated heterocycles. The van der Waals surface area contributed by atoms with Gasteiger partial charge < -0.3 is 0 Å². The van der Waals surface area contributed by atoms with Crippen LogP contribution in [-0.2, 0) is 36.8 Å². The van der Waals surface area contributed by atoms with Crippen LogP contribution < -0.4 is 21.7 Å². The molecule has 2 aromatic carbocycles. The molecule has 0 aromatic heterocycles. The fourth-order valence-electron chi connectivity index (χ4n) is 4.04. The van der Waals surface area contributed by atoms with Crippen molar-refractivity contribution in [3.05, 3.63) is 59.7 Å². The summed E-state index contributed by atoms with van der Waals surface area (Å²) in [6.07, 6.45) is 0.389. The molecule has 272 valence electrons. The molecule has 3 amide bonds. The van der Waals surface area contributed by atoms with E-state index in [1.165, 1.54) is 24.3 Å².